The lowest BCUT2D eigenvalue weighted by molar-refractivity contribution is -0.121. The summed E-state index contributed by atoms with van der Waals surface area (Å²) < 4.78 is 5.20. The molecular formula is C25H34N2O3. The zero-order valence-electron chi connectivity index (χ0n) is 18.3. The second-order valence-electron chi connectivity index (χ2n) is 8.86. The molecule has 30 heavy (non-hydrogen) atoms. The van der Waals surface area contributed by atoms with Gasteiger partial charge in [-0.05, 0) is 61.4 Å². The van der Waals surface area contributed by atoms with E-state index in [9.17, 15) is 9.59 Å². The van der Waals surface area contributed by atoms with Crippen molar-refractivity contribution in [1.29, 1.82) is 0 Å². The number of Topliss-reactive ketones (excluding diaryl/α,β-unsaturated/α-hetero) is 1. The molecule has 4 rings (SSSR count). The van der Waals surface area contributed by atoms with Crippen LogP contribution in [0.3, 0.4) is 0 Å². The van der Waals surface area contributed by atoms with Gasteiger partial charge in [0.05, 0.1) is 12.6 Å². The number of aryl methyl sites for hydroxylation is 1. The lowest BCUT2D eigenvalue weighted by atomic mass is 9.75. The van der Waals surface area contributed by atoms with E-state index in [0.717, 1.165) is 41.4 Å². The number of hydrogen-bond donors (Lipinski definition) is 2. The highest BCUT2D eigenvalue weighted by Gasteiger charge is 2.37. The summed E-state index contributed by atoms with van der Waals surface area (Å²) in [4.78, 5) is 28.7. The zero-order valence-corrected chi connectivity index (χ0v) is 18.3. The molecule has 1 aliphatic carbocycles. The Kier molecular flexibility index (Phi) is 6.57. The molecule has 5 heteroatoms. The van der Waals surface area contributed by atoms with Crippen LogP contribution in [0, 0.1) is 11.8 Å². The van der Waals surface area contributed by atoms with Gasteiger partial charge in [-0.15, -0.1) is 0 Å². The predicted octanol–water partition coefficient (Wildman–Crippen LogP) is 4.58. The molecule has 2 atom stereocenters. The number of carbonyl (C=O) groups excluding carboxylic acids is 2. The highest BCUT2D eigenvalue weighted by Crippen LogP contribution is 2.36. The first-order valence-electron chi connectivity index (χ1n) is 11.7. The number of ether oxygens (including phenoxy) is 1. The maximum Gasteiger partial charge on any atom is 0.355 e. The Balaban J connectivity index is 1.53. The second kappa shape index (κ2) is 9.34. The van der Waals surface area contributed by atoms with Gasteiger partial charge < -0.3 is 15.0 Å². The summed E-state index contributed by atoms with van der Waals surface area (Å²) in [5.41, 5.74) is 3.45. The zero-order chi connectivity index (χ0) is 21.1. The van der Waals surface area contributed by atoms with Crippen LogP contribution in [0.25, 0.3) is 10.9 Å². The fourth-order valence-electron chi connectivity index (χ4n) is 5.61. The van der Waals surface area contributed by atoms with E-state index in [1.54, 1.807) is 0 Å². The van der Waals surface area contributed by atoms with Crippen molar-refractivity contribution in [2.24, 2.45) is 11.8 Å². The molecule has 2 heterocycles. The number of nitrogens with one attached hydrogen (secondary N) is 2. The van der Waals surface area contributed by atoms with Crippen molar-refractivity contribution in [3.63, 3.8) is 0 Å². The van der Waals surface area contributed by atoms with Crippen molar-refractivity contribution in [2.75, 3.05) is 13.2 Å². The maximum atomic E-state index is 13.2. The van der Waals surface area contributed by atoms with E-state index in [0.29, 0.717) is 36.3 Å². The molecule has 2 aliphatic rings. The quantitative estimate of drug-likeness (QED) is 0.656. The second-order valence-corrected chi connectivity index (χ2v) is 8.86. The molecule has 0 bridgehead atoms. The molecule has 1 aromatic heterocycles. The number of rotatable bonds is 7. The molecular weight excluding hydrogens is 376 g/mol. The van der Waals surface area contributed by atoms with Crippen LogP contribution >= 0.6 is 0 Å². The molecule has 2 N–H and O–H groups in total. The molecule has 5 nitrogen and oxygen atoms in total. The molecule has 0 unspecified atom stereocenters. The lowest BCUT2D eigenvalue weighted by Crippen LogP contribution is -2.40. The minimum atomic E-state index is -0.311. The van der Waals surface area contributed by atoms with Crippen LogP contribution in [0.5, 0.6) is 0 Å². The Bertz CT molecular complexity index is 910. The molecule has 1 aliphatic heterocycles. The number of aromatic nitrogens is 1. The molecule has 1 saturated carbocycles. The largest absolute Gasteiger partial charge is 0.461 e. The summed E-state index contributed by atoms with van der Waals surface area (Å²) in [7, 11) is 0. The minimum absolute atomic E-state index is 0.00393. The van der Waals surface area contributed by atoms with E-state index in [1.165, 1.54) is 32.1 Å². The van der Waals surface area contributed by atoms with Crippen LogP contribution in [-0.4, -0.2) is 35.9 Å². The van der Waals surface area contributed by atoms with E-state index in [4.69, 9.17) is 4.74 Å². The number of esters is 1. The van der Waals surface area contributed by atoms with Gasteiger partial charge in [-0.2, -0.15) is 0 Å². The summed E-state index contributed by atoms with van der Waals surface area (Å²) in [6, 6.07) is 6.07. The molecule has 2 aromatic rings. The first kappa shape index (κ1) is 21.1. The first-order valence-corrected chi connectivity index (χ1v) is 11.7. The molecule has 0 spiro atoms. The maximum absolute atomic E-state index is 13.2. The third-order valence-electron chi connectivity index (χ3n) is 7.05. The van der Waals surface area contributed by atoms with Gasteiger partial charge in [0.2, 0.25) is 0 Å². The summed E-state index contributed by atoms with van der Waals surface area (Å²) >= 11 is 0. The SMILES string of the molecule is CCOC(=O)c1[nH]c2ccc(CC(=O)[C@H]3NCC[C@H]3C3CCCCC3)cc2c1CC. The number of hydrogen-bond acceptors (Lipinski definition) is 4. The van der Waals surface area contributed by atoms with Gasteiger partial charge in [0, 0.05) is 17.3 Å². The van der Waals surface area contributed by atoms with E-state index in [2.05, 4.69) is 16.4 Å². The highest BCUT2D eigenvalue weighted by atomic mass is 16.5. The third kappa shape index (κ3) is 4.18. The van der Waals surface area contributed by atoms with Gasteiger partial charge in [-0.25, -0.2) is 4.79 Å². The van der Waals surface area contributed by atoms with Gasteiger partial charge in [0.15, 0.2) is 5.78 Å². The van der Waals surface area contributed by atoms with Crippen LogP contribution in [0.1, 0.15) is 74.0 Å². The Hall–Kier alpha value is -2.14. The van der Waals surface area contributed by atoms with Crippen LogP contribution in [0.4, 0.5) is 0 Å². The summed E-state index contributed by atoms with van der Waals surface area (Å²) in [5, 5.41) is 4.52. The third-order valence-corrected chi connectivity index (χ3v) is 7.05. The van der Waals surface area contributed by atoms with Gasteiger partial charge in [0.1, 0.15) is 5.69 Å². The Labute approximate surface area is 179 Å². The van der Waals surface area contributed by atoms with Crippen molar-refractivity contribution >= 4 is 22.7 Å². The van der Waals surface area contributed by atoms with Gasteiger partial charge >= 0.3 is 5.97 Å². The standard InChI is InChI=1S/C25H34N2O3/c1-3-18-20-14-16(10-11-21(20)27-24(18)25(29)30-4-2)15-22(28)23-19(12-13-26-23)17-8-6-5-7-9-17/h10-11,14,17,19,23,26-27H,3-9,12-13,15H2,1-2H3/t19-,23-/m0/s1. The summed E-state index contributed by atoms with van der Waals surface area (Å²) in [6.45, 7) is 5.17. The molecule has 0 amide bonds. The van der Waals surface area contributed by atoms with E-state index >= 15 is 0 Å². The Morgan fingerprint density at radius 3 is 2.63 bits per heavy atom. The van der Waals surface area contributed by atoms with Gasteiger partial charge in [-0.3, -0.25) is 4.79 Å². The fraction of sp³-hybridized carbons (Fsp3) is 0.600. The molecule has 162 valence electrons. The Morgan fingerprint density at radius 1 is 1.10 bits per heavy atom. The van der Waals surface area contributed by atoms with Gasteiger partial charge in [0.25, 0.3) is 0 Å². The van der Waals surface area contributed by atoms with Crippen molar-refractivity contribution in [2.45, 2.75) is 71.3 Å². The fourth-order valence-corrected chi connectivity index (χ4v) is 5.61. The lowest BCUT2D eigenvalue weighted by Gasteiger charge is -2.30. The van der Waals surface area contributed by atoms with E-state index < -0.39 is 0 Å². The number of ketones is 1. The topological polar surface area (TPSA) is 71.2 Å². The molecule has 0 radical (unpaired) electrons. The number of fused-ring (bicyclic) bond motifs is 1. The average molecular weight is 411 g/mol. The van der Waals surface area contributed by atoms with Crippen molar-refractivity contribution in [3.05, 3.63) is 35.0 Å². The predicted molar refractivity (Wildman–Crippen MR) is 119 cm³/mol. The van der Waals surface area contributed by atoms with E-state index in [-0.39, 0.29) is 12.0 Å². The normalized spacial score (nSPS) is 22.5. The summed E-state index contributed by atoms with van der Waals surface area (Å²) in [6.07, 6.45) is 8.84. The van der Waals surface area contributed by atoms with Crippen molar-refractivity contribution < 1.29 is 14.3 Å². The summed E-state index contributed by atoms with van der Waals surface area (Å²) in [5.74, 6) is 1.19. The van der Waals surface area contributed by atoms with E-state index in [1.807, 2.05) is 26.0 Å². The number of benzene rings is 1. The number of carbonyl (C=O) groups is 2. The molecule has 1 aromatic carbocycles. The number of H-pyrrole nitrogens is 1. The van der Waals surface area contributed by atoms with Crippen LogP contribution in [0.2, 0.25) is 0 Å². The average Bonchev–Trinajstić information content (AvgIpc) is 3.39. The minimum Gasteiger partial charge on any atom is -0.461 e. The monoisotopic (exact) mass is 410 g/mol. The van der Waals surface area contributed by atoms with Crippen molar-refractivity contribution in [3.8, 4) is 0 Å². The van der Waals surface area contributed by atoms with Crippen molar-refractivity contribution in [1.82, 2.24) is 10.3 Å². The Morgan fingerprint density at radius 2 is 1.90 bits per heavy atom. The van der Waals surface area contributed by atoms with Crippen LogP contribution in [0.15, 0.2) is 18.2 Å². The molecule has 2 fully saturated rings. The van der Waals surface area contributed by atoms with Crippen LogP contribution < -0.4 is 5.32 Å². The first-order chi connectivity index (χ1) is 14.6. The van der Waals surface area contributed by atoms with Gasteiger partial charge in [-0.1, -0.05) is 45.1 Å². The van der Waals surface area contributed by atoms with Crippen LogP contribution in [-0.2, 0) is 22.4 Å². The number of aromatic amines is 1. The highest BCUT2D eigenvalue weighted by molar-refractivity contribution is 5.99. The molecule has 1 saturated heterocycles. The smallest absolute Gasteiger partial charge is 0.355 e.